The van der Waals surface area contributed by atoms with Crippen LogP contribution in [0.4, 0.5) is 17.8 Å². The van der Waals surface area contributed by atoms with E-state index < -0.39 is 0 Å². The normalized spacial score (nSPS) is 14.5. The van der Waals surface area contributed by atoms with Gasteiger partial charge in [0.1, 0.15) is 30.0 Å². The first kappa shape index (κ1) is 57.3. The number of fused-ring (bicyclic) bond motifs is 2. The number of nitrogens with one attached hydrogen (secondary N) is 1. The van der Waals surface area contributed by atoms with Crippen molar-refractivity contribution in [1.29, 1.82) is 0 Å². The summed E-state index contributed by atoms with van der Waals surface area (Å²) in [5.74, 6) is 2.09. The highest BCUT2D eigenvalue weighted by atomic mass is 35.5. The Morgan fingerprint density at radius 2 is 1.06 bits per heavy atom. The van der Waals surface area contributed by atoms with Crippen LogP contribution in [0.15, 0.2) is 114 Å². The quantitative estimate of drug-likeness (QED) is 0.161. The minimum absolute atomic E-state index is 0. The number of hydrogen-bond donors (Lipinski definition) is 4. The SMILES string of the molecule is Clc1ncnc(Cl)n1.N.Nc1ncnc(Cl)n1.Nc1ncnc(N2CCC[C@H]2c2nn3ccc(Cl)c3c(=O)n2-c2ccccc2)n1.O.O=c1c2c(Cl)ccn2nc([C@@H]2CCCN2)n1-c1ccccc1.S.S. The van der Waals surface area contributed by atoms with Crippen LogP contribution in [0.1, 0.15) is 49.4 Å². The molecule has 0 aliphatic carbocycles. The number of halogens is 5. The molecule has 71 heavy (non-hydrogen) atoms. The highest BCUT2D eigenvalue weighted by Crippen LogP contribution is 2.34. The summed E-state index contributed by atoms with van der Waals surface area (Å²) in [5.41, 5.74) is 12.8. The summed E-state index contributed by atoms with van der Waals surface area (Å²) in [6, 6.07) is 22.3. The third-order valence-electron chi connectivity index (χ3n) is 10.2. The number of benzene rings is 2. The van der Waals surface area contributed by atoms with Gasteiger partial charge in [0.05, 0.1) is 33.5 Å². The second-order valence-corrected chi connectivity index (χ2v) is 16.2. The van der Waals surface area contributed by atoms with Crippen molar-refractivity contribution >= 4 is 114 Å². The zero-order valence-electron chi connectivity index (χ0n) is 36.9. The fourth-order valence-corrected chi connectivity index (χ4v) is 8.22. The number of rotatable bonds is 5. The van der Waals surface area contributed by atoms with E-state index >= 15 is 0 Å². The monoisotopic (exact) mass is 1100 g/mol. The van der Waals surface area contributed by atoms with Crippen molar-refractivity contribution in [2.24, 2.45) is 0 Å². The van der Waals surface area contributed by atoms with E-state index in [0.717, 1.165) is 56.0 Å². The first-order valence-corrected chi connectivity index (χ1v) is 22.1. The third kappa shape index (κ3) is 13.4. The third-order valence-corrected chi connectivity index (χ3v) is 11.3. The standard InChI is InChI=1S/C19H17ClN8O.C16H15ClN4O.C3HCl2N3.C3H3ClN4.H3N.H2O.2H2S/c20-13-8-10-27-15(13)17(29)28(12-5-2-1-3-6-12)16(25-27)14-7-4-9-26(14)19-23-11-22-18(21)24-19;17-12-8-10-20-14(12)16(22)21(11-5-2-1-3-6-11)15(19-20)13-7-4-9-18-13;2*4-2-6-1-7-3(5)8-2;;;;/h1-3,5-6,8,10-11,14H,4,7,9H2,(H2,21,22,23,24);1-3,5-6,8,10,13,18H,4,7,9H2;1H;1H,(H2,5,6,7,8);1H3;3*1H2/t14-;13-;;;;;;/m00....../s1. The zero-order valence-corrected chi connectivity index (χ0v) is 42.7. The molecule has 0 unspecified atom stereocenters. The predicted molar refractivity (Wildman–Crippen MR) is 284 cm³/mol. The van der Waals surface area contributed by atoms with Crippen molar-refractivity contribution in [3.63, 3.8) is 0 Å². The van der Waals surface area contributed by atoms with Gasteiger partial charge in [-0.3, -0.25) is 18.7 Å². The molecule has 2 fully saturated rings. The summed E-state index contributed by atoms with van der Waals surface area (Å²) in [7, 11) is 0. The Kier molecular flexibility index (Phi) is 21.2. The van der Waals surface area contributed by atoms with Crippen LogP contribution in [0.2, 0.25) is 25.9 Å². The Morgan fingerprint density at radius 1 is 0.577 bits per heavy atom. The average molecular weight is 1110 g/mol. The molecule has 0 spiro atoms. The first-order valence-electron chi connectivity index (χ1n) is 20.2. The van der Waals surface area contributed by atoms with Gasteiger partial charge in [0.25, 0.3) is 11.1 Å². The van der Waals surface area contributed by atoms with Crippen LogP contribution in [0.25, 0.3) is 22.4 Å². The molecule has 374 valence electrons. The van der Waals surface area contributed by atoms with Crippen LogP contribution >= 0.6 is 85.0 Å². The maximum Gasteiger partial charge on any atom is 0.284 e. The second kappa shape index (κ2) is 26.3. The summed E-state index contributed by atoms with van der Waals surface area (Å²) in [4.78, 5) is 61.8. The molecule has 7 aromatic heterocycles. The average Bonchev–Trinajstić information content (AvgIpc) is 4.16. The van der Waals surface area contributed by atoms with Crippen LogP contribution in [-0.2, 0) is 0 Å². The van der Waals surface area contributed by atoms with Gasteiger partial charge in [-0.1, -0.05) is 59.6 Å². The van der Waals surface area contributed by atoms with E-state index in [1.165, 1.54) is 23.5 Å². The topological polar surface area (TPSA) is 328 Å². The van der Waals surface area contributed by atoms with Crippen molar-refractivity contribution in [3.8, 4) is 11.4 Å². The van der Waals surface area contributed by atoms with Crippen LogP contribution in [0.3, 0.4) is 0 Å². The van der Waals surface area contributed by atoms with Gasteiger partial charge in [-0.05, 0) is 103 Å². The van der Waals surface area contributed by atoms with Crippen LogP contribution in [0.5, 0.6) is 0 Å². The van der Waals surface area contributed by atoms with Crippen LogP contribution in [-0.4, -0.2) is 91.8 Å². The molecule has 0 amide bonds. The van der Waals surface area contributed by atoms with Gasteiger partial charge >= 0.3 is 0 Å². The van der Waals surface area contributed by atoms with Crippen molar-refractivity contribution in [2.45, 2.75) is 37.8 Å². The molecule has 2 saturated heterocycles. The molecule has 2 aliphatic rings. The Bertz CT molecular complexity index is 3200. The highest BCUT2D eigenvalue weighted by molar-refractivity contribution is 7.59. The minimum atomic E-state index is -0.224. The van der Waals surface area contributed by atoms with Gasteiger partial charge in [0.15, 0.2) is 11.6 Å². The van der Waals surface area contributed by atoms with Gasteiger partial charge < -0.3 is 33.3 Å². The summed E-state index contributed by atoms with van der Waals surface area (Å²) >= 11 is 28.3. The minimum Gasteiger partial charge on any atom is -0.412 e. The molecule has 11 rings (SSSR count). The lowest BCUT2D eigenvalue weighted by molar-refractivity contribution is 0.560. The van der Waals surface area contributed by atoms with E-state index in [2.05, 4.69) is 55.3 Å². The van der Waals surface area contributed by atoms with E-state index in [-0.39, 0.29) is 89.6 Å². The maximum atomic E-state index is 13.4. The molecule has 2 aromatic carbocycles. The lowest BCUT2D eigenvalue weighted by Gasteiger charge is -2.26. The number of hydrogen-bond acceptors (Lipinski definition) is 18. The van der Waals surface area contributed by atoms with E-state index in [0.29, 0.717) is 32.9 Å². The first-order chi connectivity index (χ1) is 32.5. The molecule has 0 bridgehead atoms. The lowest BCUT2D eigenvalue weighted by Crippen LogP contribution is -2.33. The molecule has 0 saturated carbocycles. The summed E-state index contributed by atoms with van der Waals surface area (Å²) in [6.45, 7) is 1.67. The largest absolute Gasteiger partial charge is 0.412 e. The molecule has 0 radical (unpaired) electrons. The molecule has 9 aromatic rings. The van der Waals surface area contributed by atoms with Crippen LogP contribution in [0, 0.1) is 0 Å². The fraction of sp³-hybridized carbons (Fsp3) is 0.195. The zero-order chi connectivity index (χ0) is 47.0. The molecule has 10 N–H and O–H groups in total. The molecule has 23 nitrogen and oxygen atoms in total. The van der Waals surface area contributed by atoms with Crippen molar-refractivity contribution < 1.29 is 5.48 Å². The number of para-hydroxylation sites is 2. The summed E-state index contributed by atoms with van der Waals surface area (Å²) in [6.07, 6.45) is 11.1. The van der Waals surface area contributed by atoms with Gasteiger partial charge in [0, 0.05) is 18.9 Å². The Hall–Kier alpha value is -6.26. The molecular formula is C41H45Cl5N20O3S2. The fourth-order valence-electron chi connectivity index (χ4n) is 7.35. The van der Waals surface area contributed by atoms with Crippen molar-refractivity contribution in [2.75, 3.05) is 29.5 Å². The van der Waals surface area contributed by atoms with E-state index in [4.69, 9.17) is 74.6 Å². The number of anilines is 3. The van der Waals surface area contributed by atoms with Gasteiger partial charge in [-0.2, -0.15) is 52.1 Å². The summed E-state index contributed by atoms with van der Waals surface area (Å²) < 4.78 is 6.41. The number of aromatic nitrogens is 15. The molecular weight excluding hydrogens is 1060 g/mol. The number of nitrogens with zero attached hydrogens (tertiary/aromatic N) is 16. The van der Waals surface area contributed by atoms with E-state index in [1.54, 1.807) is 38.2 Å². The Labute approximate surface area is 442 Å². The maximum absolute atomic E-state index is 13.4. The van der Waals surface area contributed by atoms with E-state index in [9.17, 15) is 9.59 Å². The molecule has 2 atom stereocenters. The smallest absolute Gasteiger partial charge is 0.284 e. The van der Waals surface area contributed by atoms with Crippen molar-refractivity contribution in [1.82, 2.24) is 84.7 Å². The molecule has 9 heterocycles. The van der Waals surface area contributed by atoms with Gasteiger partial charge in [0.2, 0.25) is 33.7 Å². The Balaban J connectivity index is 0.000000229. The van der Waals surface area contributed by atoms with Gasteiger partial charge in [-0.15, -0.1) is 0 Å². The van der Waals surface area contributed by atoms with E-state index in [1.807, 2.05) is 65.6 Å². The highest BCUT2D eigenvalue weighted by Gasteiger charge is 2.33. The predicted octanol–water partition coefficient (Wildman–Crippen LogP) is 5.66. The summed E-state index contributed by atoms with van der Waals surface area (Å²) in [5, 5.41) is 14.0. The lowest BCUT2D eigenvalue weighted by atomic mass is 10.2. The molecule has 2 aliphatic heterocycles. The number of nitrogens with two attached hydrogens (primary N) is 2. The molecule has 30 heteroatoms. The van der Waals surface area contributed by atoms with Gasteiger partial charge in [-0.25, -0.2) is 38.9 Å². The van der Waals surface area contributed by atoms with Crippen molar-refractivity contribution in [3.05, 3.63) is 162 Å². The number of nitrogen functional groups attached to an aromatic ring is 2. The van der Waals surface area contributed by atoms with Crippen LogP contribution < -0.4 is 39.0 Å². The Morgan fingerprint density at radius 3 is 1.51 bits per heavy atom. The second-order valence-electron chi connectivity index (χ2n) is 14.4.